The maximum Gasteiger partial charge on any atom is 0.231 e. The number of aryl methyl sites for hydroxylation is 2. The lowest BCUT2D eigenvalue weighted by molar-refractivity contribution is -0.128. The minimum absolute atomic E-state index is 0.0831. The first-order chi connectivity index (χ1) is 14.6. The molecule has 1 fully saturated rings. The number of nitrogens with one attached hydrogen (secondary N) is 1. The predicted molar refractivity (Wildman–Crippen MR) is 112 cm³/mol. The van der Waals surface area contributed by atoms with Crippen LogP contribution in [0.15, 0.2) is 54.6 Å². The minimum Gasteiger partial charge on any atom is -0.338 e. The van der Waals surface area contributed by atoms with Crippen molar-refractivity contribution in [2.45, 2.75) is 25.8 Å². The van der Waals surface area contributed by atoms with Crippen LogP contribution in [0, 0.1) is 11.7 Å². The summed E-state index contributed by atoms with van der Waals surface area (Å²) in [5, 5.41) is 12.3. The third kappa shape index (κ3) is 5.07. The van der Waals surface area contributed by atoms with Crippen LogP contribution in [0.2, 0.25) is 0 Å². The summed E-state index contributed by atoms with van der Waals surface area (Å²) in [7, 11) is 0. The maximum atomic E-state index is 13.0. The SMILES string of the molecule is O=C(Nc1nnc(CCc2ccccc2)s1)C1CC(=O)N(Cc2ccc(F)cc2)C1. The molecular weight excluding hydrogens is 403 g/mol. The molecule has 30 heavy (non-hydrogen) atoms. The molecule has 1 aliphatic heterocycles. The molecule has 2 aromatic carbocycles. The molecule has 1 N–H and O–H groups in total. The maximum absolute atomic E-state index is 13.0. The van der Waals surface area contributed by atoms with Crippen LogP contribution in [0.3, 0.4) is 0 Å². The van der Waals surface area contributed by atoms with Gasteiger partial charge in [-0.2, -0.15) is 0 Å². The van der Waals surface area contributed by atoms with Crippen molar-refractivity contribution >= 4 is 28.3 Å². The van der Waals surface area contributed by atoms with Gasteiger partial charge in [0.25, 0.3) is 0 Å². The van der Waals surface area contributed by atoms with E-state index in [9.17, 15) is 14.0 Å². The van der Waals surface area contributed by atoms with Crippen molar-refractivity contribution < 1.29 is 14.0 Å². The highest BCUT2D eigenvalue weighted by Gasteiger charge is 2.34. The Bertz CT molecular complexity index is 1020. The normalized spacial score (nSPS) is 16.1. The average Bonchev–Trinajstić information content (AvgIpc) is 3.35. The fourth-order valence-corrected chi connectivity index (χ4v) is 4.16. The van der Waals surface area contributed by atoms with E-state index in [-0.39, 0.29) is 24.1 Å². The van der Waals surface area contributed by atoms with Gasteiger partial charge in [0.1, 0.15) is 10.8 Å². The van der Waals surface area contributed by atoms with Gasteiger partial charge in [-0.05, 0) is 29.7 Å². The topological polar surface area (TPSA) is 75.2 Å². The Labute approximate surface area is 177 Å². The van der Waals surface area contributed by atoms with Crippen molar-refractivity contribution in [3.8, 4) is 0 Å². The van der Waals surface area contributed by atoms with Gasteiger partial charge in [-0.1, -0.05) is 53.8 Å². The largest absolute Gasteiger partial charge is 0.338 e. The number of carbonyl (C=O) groups is 2. The molecule has 1 unspecified atom stereocenters. The summed E-state index contributed by atoms with van der Waals surface area (Å²) in [5.41, 5.74) is 2.06. The highest BCUT2D eigenvalue weighted by atomic mass is 32.1. The molecular formula is C22H21FN4O2S. The molecule has 154 valence electrons. The Kier molecular flexibility index (Phi) is 6.13. The van der Waals surface area contributed by atoms with E-state index in [1.54, 1.807) is 17.0 Å². The summed E-state index contributed by atoms with van der Waals surface area (Å²) < 4.78 is 13.0. The zero-order chi connectivity index (χ0) is 20.9. The highest BCUT2D eigenvalue weighted by Crippen LogP contribution is 2.23. The van der Waals surface area contributed by atoms with Gasteiger partial charge in [0.05, 0.1) is 5.92 Å². The molecule has 0 bridgehead atoms. The molecule has 8 heteroatoms. The van der Waals surface area contributed by atoms with Crippen LogP contribution in [0.1, 0.15) is 22.6 Å². The second-order valence-electron chi connectivity index (χ2n) is 7.28. The Morgan fingerprint density at radius 2 is 1.83 bits per heavy atom. The number of nitrogens with zero attached hydrogens (tertiary/aromatic N) is 3. The van der Waals surface area contributed by atoms with E-state index in [4.69, 9.17) is 0 Å². The van der Waals surface area contributed by atoms with Crippen molar-refractivity contribution in [1.29, 1.82) is 0 Å². The number of benzene rings is 2. The number of hydrogen-bond donors (Lipinski definition) is 1. The predicted octanol–water partition coefficient (Wildman–Crippen LogP) is 3.45. The van der Waals surface area contributed by atoms with Crippen molar-refractivity contribution in [1.82, 2.24) is 15.1 Å². The fraction of sp³-hybridized carbons (Fsp3) is 0.273. The third-order valence-electron chi connectivity index (χ3n) is 5.04. The third-order valence-corrected chi connectivity index (χ3v) is 5.94. The van der Waals surface area contributed by atoms with E-state index >= 15 is 0 Å². The van der Waals surface area contributed by atoms with E-state index in [1.807, 2.05) is 18.2 Å². The molecule has 0 saturated carbocycles. The number of likely N-dealkylation sites (tertiary alicyclic amines) is 1. The van der Waals surface area contributed by atoms with Crippen molar-refractivity contribution in [2.75, 3.05) is 11.9 Å². The lowest BCUT2D eigenvalue weighted by Gasteiger charge is -2.16. The second-order valence-corrected chi connectivity index (χ2v) is 8.34. The van der Waals surface area contributed by atoms with E-state index in [1.165, 1.54) is 29.0 Å². The smallest absolute Gasteiger partial charge is 0.231 e. The first kappa shape index (κ1) is 20.2. The number of rotatable bonds is 7. The van der Waals surface area contributed by atoms with E-state index in [0.717, 1.165) is 23.4 Å². The lowest BCUT2D eigenvalue weighted by atomic mass is 10.1. The van der Waals surface area contributed by atoms with Gasteiger partial charge in [0, 0.05) is 25.9 Å². The number of amides is 2. The number of anilines is 1. The monoisotopic (exact) mass is 424 g/mol. The molecule has 3 aromatic rings. The number of halogens is 1. The van der Waals surface area contributed by atoms with Crippen molar-refractivity contribution in [3.05, 3.63) is 76.5 Å². The summed E-state index contributed by atoms with van der Waals surface area (Å²) in [6, 6.07) is 16.2. The Balaban J connectivity index is 1.29. The minimum atomic E-state index is -0.436. The second kappa shape index (κ2) is 9.13. The Morgan fingerprint density at radius 1 is 1.07 bits per heavy atom. The van der Waals surface area contributed by atoms with Crippen LogP contribution >= 0.6 is 11.3 Å². The van der Waals surface area contributed by atoms with Crippen LogP contribution < -0.4 is 5.32 Å². The van der Waals surface area contributed by atoms with Crippen LogP contribution in [0.25, 0.3) is 0 Å². The van der Waals surface area contributed by atoms with Crippen molar-refractivity contribution in [2.24, 2.45) is 5.92 Å². The average molecular weight is 425 g/mol. The van der Waals surface area contributed by atoms with Crippen LogP contribution in [0.4, 0.5) is 9.52 Å². The van der Waals surface area contributed by atoms with Gasteiger partial charge >= 0.3 is 0 Å². The zero-order valence-corrected chi connectivity index (χ0v) is 17.1. The number of hydrogen-bond acceptors (Lipinski definition) is 5. The van der Waals surface area contributed by atoms with Gasteiger partial charge in [0.15, 0.2) is 0 Å². The molecule has 1 atom stereocenters. The fourth-order valence-electron chi connectivity index (χ4n) is 3.42. The lowest BCUT2D eigenvalue weighted by Crippen LogP contribution is -2.28. The molecule has 2 heterocycles. The molecule has 0 aliphatic carbocycles. The Hall–Kier alpha value is -3.13. The standard InChI is InChI=1S/C22H21FN4O2S/c23-18-9-6-16(7-10-18)13-27-14-17(12-20(27)28)21(29)24-22-26-25-19(30-22)11-8-15-4-2-1-3-5-15/h1-7,9-10,17H,8,11-14H2,(H,24,26,29). The highest BCUT2D eigenvalue weighted by molar-refractivity contribution is 7.15. The molecule has 1 saturated heterocycles. The van der Waals surface area contributed by atoms with Gasteiger partial charge in [0.2, 0.25) is 16.9 Å². The molecule has 1 aromatic heterocycles. The number of aromatic nitrogens is 2. The van der Waals surface area contributed by atoms with Gasteiger partial charge in [-0.3, -0.25) is 9.59 Å². The summed E-state index contributed by atoms with van der Waals surface area (Å²) in [4.78, 5) is 26.5. The van der Waals surface area contributed by atoms with Crippen LogP contribution in [0.5, 0.6) is 0 Å². The van der Waals surface area contributed by atoms with Crippen LogP contribution in [-0.2, 0) is 29.0 Å². The zero-order valence-electron chi connectivity index (χ0n) is 16.3. The van der Waals surface area contributed by atoms with Crippen LogP contribution in [-0.4, -0.2) is 33.5 Å². The van der Waals surface area contributed by atoms with Gasteiger partial charge in [-0.15, -0.1) is 10.2 Å². The Morgan fingerprint density at radius 3 is 2.60 bits per heavy atom. The summed E-state index contributed by atoms with van der Waals surface area (Å²) in [6.45, 7) is 0.701. The van der Waals surface area contributed by atoms with Gasteiger partial charge < -0.3 is 10.2 Å². The molecule has 2 amide bonds. The molecule has 0 radical (unpaired) electrons. The summed E-state index contributed by atoms with van der Waals surface area (Å²) >= 11 is 1.36. The summed E-state index contributed by atoms with van der Waals surface area (Å²) in [5.74, 6) is -1.06. The summed E-state index contributed by atoms with van der Waals surface area (Å²) in [6.07, 6.45) is 1.77. The molecule has 1 aliphatic rings. The van der Waals surface area contributed by atoms with Gasteiger partial charge in [-0.25, -0.2) is 4.39 Å². The molecule has 6 nitrogen and oxygen atoms in total. The quantitative estimate of drug-likeness (QED) is 0.630. The number of carbonyl (C=O) groups excluding carboxylic acids is 2. The van der Waals surface area contributed by atoms with E-state index in [0.29, 0.717) is 18.2 Å². The van der Waals surface area contributed by atoms with E-state index in [2.05, 4.69) is 27.6 Å². The first-order valence-corrected chi connectivity index (χ1v) is 10.6. The molecule has 0 spiro atoms. The van der Waals surface area contributed by atoms with Crippen molar-refractivity contribution in [3.63, 3.8) is 0 Å². The van der Waals surface area contributed by atoms with E-state index < -0.39 is 5.92 Å². The molecule has 4 rings (SSSR count). The first-order valence-electron chi connectivity index (χ1n) is 9.76.